The Morgan fingerprint density at radius 2 is 1.62 bits per heavy atom. The number of hydrogen-bond donors (Lipinski definition) is 3. The maximum Gasteiger partial charge on any atom is 0.270 e. The van der Waals surface area contributed by atoms with Gasteiger partial charge < -0.3 is 4.74 Å². The van der Waals surface area contributed by atoms with Crippen LogP contribution in [-0.4, -0.2) is 30.9 Å². The van der Waals surface area contributed by atoms with E-state index >= 15 is 0 Å². The predicted molar refractivity (Wildman–Crippen MR) is 122 cm³/mol. The molecule has 0 bridgehead atoms. The fourth-order valence-corrected chi connectivity index (χ4v) is 4.06. The number of hydrogen-bond acceptors (Lipinski definition) is 7. The molecule has 0 saturated carbocycles. The molecule has 0 radical (unpaired) electrons. The number of benzene rings is 2. The molecule has 0 unspecified atom stereocenters. The number of carbonyl (C=O) groups excluding carboxylic acids is 1. The average molecular weight is 456 g/mol. The molecule has 9 nitrogen and oxygen atoms in total. The number of hydrazine groups is 1. The van der Waals surface area contributed by atoms with Crippen molar-refractivity contribution in [2.45, 2.75) is 32.6 Å². The van der Waals surface area contributed by atoms with Gasteiger partial charge in [-0.25, -0.2) is 18.4 Å². The number of sulfonamides is 1. The van der Waals surface area contributed by atoms with Gasteiger partial charge in [0.1, 0.15) is 5.75 Å². The second-order valence-electron chi connectivity index (χ2n) is 7.09. The summed E-state index contributed by atoms with van der Waals surface area (Å²) in [6, 6.07) is 12.7. The molecule has 0 spiro atoms. The smallest absolute Gasteiger partial charge is 0.270 e. The summed E-state index contributed by atoms with van der Waals surface area (Å²) in [5.74, 6) is 0.378. The molecule has 0 fully saturated rings. The van der Waals surface area contributed by atoms with Crippen LogP contribution >= 0.6 is 0 Å². The second kappa shape index (κ2) is 9.65. The molecule has 3 rings (SSSR count). The summed E-state index contributed by atoms with van der Waals surface area (Å²) in [7, 11) is -3.91. The highest BCUT2D eigenvalue weighted by atomic mass is 32.2. The summed E-state index contributed by atoms with van der Waals surface area (Å²) in [5, 5.41) is 0. The van der Waals surface area contributed by atoms with Gasteiger partial charge in [0.05, 0.1) is 11.5 Å². The summed E-state index contributed by atoms with van der Waals surface area (Å²) in [6.45, 7) is 7.74. The van der Waals surface area contributed by atoms with Gasteiger partial charge in [0, 0.05) is 22.6 Å². The van der Waals surface area contributed by atoms with Crippen LogP contribution in [0, 0.1) is 20.8 Å². The van der Waals surface area contributed by atoms with Crippen molar-refractivity contribution in [2.75, 3.05) is 16.8 Å². The van der Waals surface area contributed by atoms with Crippen molar-refractivity contribution in [1.29, 1.82) is 0 Å². The fraction of sp³-hybridized carbons (Fsp3) is 0.227. The Hall–Kier alpha value is -3.66. The van der Waals surface area contributed by atoms with Gasteiger partial charge in [-0.15, -0.1) is 0 Å². The van der Waals surface area contributed by atoms with Crippen LogP contribution in [0.1, 0.15) is 34.2 Å². The summed E-state index contributed by atoms with van der Waals surface area (Å²) < 4.78 is 33.6. The molecule has 168 valence electrons. The number of nitrogens with zero attached hydrogens (tertiary/aromatic N) is 2. The van der Waals surface area contributed by atoms with E-state index in [1.165, 1.54) is 12.1 Å². The van der Waals surface area contributed by atoms with Gasteiger partial charge in [-0.05, 0) is 75.7 Å². The first-order valence-electron chi connectivity index (χ1n) is 9.93. The Labute approximate surface area is 187 Å². The van der Waals surface area contributed by atoms with Gasteiger partial charge in [-0.3, -0.25) is 20.4 Å². The van der Waals surface area contributed by atoms with Crippen molar-refractivity contribution in [2.24, 2.45) is 0 Å². The fourth-order valence-electron chi connectivity index (χ4n) is 2.97. The average Bonchev–Trinajstić information content (AvgIpc) is 2.73. The van der Waals surface area contributed by atoms with Crippen LogP contribution in [0.5, 0.6) is 5.75 Å². The van der Waals surface area contributed by atoms with E-state index in [4.69, 9.17) is 4.74 Å². The van der Waals surface area contributed by atoms with E-state index in [-0.39, 0.29) is 16.4 Å². The number of aryl methyl sites for hydroxylation is 3. The third-order valence-electron chi connectivity index (χ3n) is 4.45. The van der Waals surface area contributed by atoms with Crippen LogP contribution in [0.4, 0.5) is 11.6 Å². The highest BCUT2D eigenvalue weighted by Gasteiger charge is 2.18. The lowest BCUT2D eigenvalue weighted by atomic mass is 10.1. The summed E-state index contributed by atoms with van der Waals surface area (Å²) in [4.78, 5) is 21.0. The van der Waals surface area contributed by atoms with Crippen molar-refractivity contribution in [3.8, 4) is 5.75 Å². The zero-order valence-electron chi connectivity index (χ0n) is 18.3. The molecule has 0 aliphatic rings. The monoisotopic (exact) mass is 455 g/mol. The van der Waals surface area contributed by atoms with Crippen LogP contribution in [0.2, 0.25) is 0 Å². The van der Waals surface area contributed by atoms with E-state index in [0.717, 1.165) is 11.4 Å². The highest BCUT2D eigenvalue weighted by Crippen LogP contribution is 2.21. The minimum Gasteiger partial charge on any atom is -0.494 e. The van der Waals surface area contributed by atoms with E-state index in [9.17, 15) is 13.2 Å². The molecule has 32 heavy (non-hydrogen) atoms. The van der Waals surface area contributed by atoms with Crippen LogP contribution in [0.15, 0.2) is 53.4 Å². The lowest BCUT2D eigenvalue weighted by Crippen LogP contribution is -2.31. The van der Waals surface area contributed by atoms with Crippen LogP contribution in [0.25, 0.3) is 0 Å². The number of carbonyl (C=O) groups is 1. The highest BCUT2D eigenvalue weighted by molar-refractivity contribution is 7.92. The summed E-state index contributed by atoms with van der Waals surface area (Å²) in [6.07, 6.45) is 0. The van der Waals surface area contributed by atoms with Crippen molar-refractivity contribution in [1.82, 2.24) is 15.4 Å². The van der Waals surface area contributed by atoms with Gasteiger partial charge >= 0.3 is 0 Å². The second-order valence-corrected chi connectivity index (χ2v) is 8.78. The van der Waals surface area contributed by atoms with E-state index in [2.05, 4.69) is 25.5 Å². The number of aromatic nitrogens is 2. The van der Waals surface area contributed by atoms with Crippen LogP contribution < -0.4 is 20.3 Å². The quantitative estimate of drug-likeness (QED) is 0.445. The Morgan fingerprint density at radius 1 is 0.969 bits per heavy atom. The third kappa shape index (κ3) is 5.73. The molecule has 0 aliphatic heterocycles. The van der Waals surface area contributed by atoms with Crippen molar-refractivity contribution in [3.63, 3.8) is 0 Å². The molecule has 3 aromatic rings. The topological polar surface area (TPSA) is 122 Å². The Bertz CT molecular complexity index is 1210. The molecule has 0 aliphatic carbocycles. The van der Waals surface area contributed by atoms with Crippen molar-refractivity contribution < 1.29 is 17.9 Å². The van der Waals surface area contributed by atoms with Crippen LogP contribution in [0.3, 0.4) is 0 Å². The van der Waals surface area contributed by atoms with Gasteiger partial charge in [0.15, 0.2) is 0 Å². The van der Waals surface area contributed by atoms with Gasteiger partial charge in [0.2, 0.25) is 5.95 Å². The Kier molecular flexibility index (Phi) is 6.94. The molecular weight excluding hydrogens is 430 g/mol. The van der Waals surface area contributed by atoms with Gasteiger partial charge in [-0.2, -0.15) is 0 Å². The molecule has 3 N–H and O–H groups in total. The minimum absolute atomic E-state index is 0.0372. The lowest BCUT2D eigenvalue weighted by Gasteiger charge is -2.13. The molecule has 0 atom stereocenters. The van der Waals surface area contributed by atoms with E-state index < -0.39 is 15.9 Å². The summed E-state index contributed by atoms with van der Waals surface area (Å²) >= 11 is 0. The van der Waals surface area contributed by atoms with Crippen molar-refractivity contribution >= 4 is 27.6 Å². The molecule has 10 heteroatoms. The molecule has 2 aromatic carbocycles. The van der Waals surface area contributed by atoms with E-state index in [0.29, 0.717) is 23.6 Å². The van der Waals surface area contributed by atoms with Gasteiger partial charge in [0.25, 0.3) is 15.9 Å². The maximum atomic E-state index is 12.8. The van der Waals surface area contributed by atoms with E-state index in [1.54, 1.807) is 37.3 Å². The first-order valence-corrected chi connectivity index (χ1v) is 11.4. The number of rotatable bonds is 8. The molecule has 1 aromatic heterocycles. The van der Waals surface area contributed by atoms with E-state index in [1.807, 2.05) is 26.8 Å². The van der Waals surface area contributed by atoms with Gasteiger partial charge in [-0.1, -0.05) is 6.07 Å². The Balaban J connectivity index is 1.76. The summed E-state index contributed by atoms with van der Waals surface area (Å²) in [5.41, 5.74) is 7.88. The first kappa shape index (κ1) is 23.0. The largest absolute Gasteiger partial charge is 0.494 e. The van der Waals surface area contributed by atoms with Crippen LogP contribution in [-0.2, 0) is 10.0 Å². The predicted octanol–water partition coefficient (Wildman–Crippen LogP) is 3.36. The number of anilines is 2. The maximum absolute atomic E-state index is 12.8. The molecular formula is C22H25N5O4S. The normalized spacial score (nSPS) is 11.0. The zero-order chi connectivity index (χ0) is 23.3. The minimum atomic E-state index is -3.91. The van der Waals surface area contributed by atoms with Crippen molar-refractivity contribution in [3.05, 3.63) is 71.0 Å². The molecule has 1 amide bonds. The molecule has 1 heterocycles. The number of amides is 1. The number of ether oxygens (including phenoxy) is 1. The molecule has 0 saturated heterocycles. The third-order valence-corrected chi connectivity index (χ3v) is 5.83. The SMILES string of the molecule is CCOc1ccc(NS(=O)(=O)c2ccc(C)c(C(=O)NNc3nc(C)cc(C)n3)c2)cc1. The zero-order valence-corrected chi connectivity index (χ0v) is 19.1. The Morgan fingerprint density at radius 3 is 2.25 bits per heavy atom. The standard InChI is InChI=1S/C22H25N5O4S/c1-5-31-18-9-7-17(8-10-18)27-32(29,30)19-11-6-14(2)20(13-19)21(28)25-26-22-23-15(3)12-16(4)24-22/h6-13,27H,5H2,1-4H3,(H,25,28)(H,23,24,26). The first-order chi connectivity index (χ1) is 15.2. The lowest BCUT2D eigenvalue weighted by molar-refractivity contribution is 0.0961. The number of nitrogens with one attached hydrogen (secondary N) is 3.